The van der Waals surface area contributed by atoms with Gasteiger partial charge in [-0.2, -0.15) is 4.31 Å². The zero-order valence-electron chi connectivity index (χ0n) is 12.3. The third-order valence-corrected chi connectivity index (χ3v) is 5.11. The van der Waals surface area contributed by atoms with Crippen LogP contribution in [-0.4, -0.2) is 25.3 Å². The van der Waals surface area contributed by atoms with Gasteiger partial charge in [-0.15, -0.1) is 0 Å². The van der Waals surface area contributed by atoms with Gasteiger partial charge in [0.15, 0.2) is 0 Å². The number of nitrogen functional groups attached to an aromatic ring is 1. The SMILES string of the molecule is Cc1cc(N)ccc1S(=O)(=O)N(CC(C)C)C(C)C. The number of rotatable bonds is 5. The highest BCUT2D eigenvalue weighted by atomic mass is 32.2. The van der Waals surface area contributed by atoms with Gasteiger partial charge in [0, 0.05) is 18.3 Å². The summed E-state index contributed by atoms with van der Waals surface area (Å²) in [5, 5.41) is 0. The van der Waals surface area contributed by atoms with Crippen molar-refractivity contribution in [1.29, 1.82) is 0 Å². The fourth-order valence-electron chi connectivity index (χ4n) is 2.03. The summed E-state index contributed by atoms with van der Waals surface area (Å²) < 4.78 is 27.0. The van der Waals surface area contributed by atoms with Crippen molar-refractivity contribution >= 4 is 15.7 Å². The Morgan fingerprint density at radius 3 is 2.21 bits per heavy atom. The lowest BCUT2D eigenvalue weighted by Crippen LogP contribution is -2.39. The minimum Gasteiger partial charge on any atom is -0.399 e. The molecule has 0 saturated carbocycles. The maximum atomic E-state index is 12.7. The summed E-state index contributed by atoms with van der Waals surface area (Å²) in [6.45, 7) is 10.1. The molecule has 0 fully saturated rings. The van der Waals surface area contributed by atoms with Gasteiger partial charge in [-0.3, -0.25) is 0 Å². The van der Waals surface area contributed by atoms with Gasteiger partial charge in [-0.1, -0.05) is 13.8 Å². The largest absolute Gasteiger partial charge is 0.399 e. The van der Waals surface area contributed by atoms with Crippen molar-refractivity contribution in [3.05, 3.63) is 23.8 Å². The van der Waals surface area contributed by atoms with Crippen molar-refractivity contribution in [2.75, 3.05) is 12.3 Å². The number of sulfonamides is 1. The molecule has 0 atom stereocenters. The second-order valence-electron chi connectivity index (χ2n) is 5.59. The Hall–Kier alpha value is -1.07. The van der Waals surface area contributed by atoms with E-state index in [2.05, 4.69) is 0 Å². The van der Waals surface area contributed by atoms with E-state index in [1.807, 2.05) is 27.7 Å². The summed E-state index contributed by atoms with van der Waals surface area (Å²) in [6, 6.07) is 4.86. The van der Waals surface area contributed by atoms with Gasteiger partial charge in [0.05, 0.1) is 4.90 Å². The molecule has 108 valence electrons. The molecular weight excluding hydrogens is 260 g/mol. The molecule has 0 aliphatic rings. The predicted molar refractivity (Wildman–Crippen MR) is 79.5 cm³/mol. The van der Waals surface area contributed by atoms with Crippen molar-refractivity contribution in [3.8, 4) is 0 Å². The number of aryl methyl sites for hydroxylation is 1. The van der Waals surface area contributed by atoms with Crippen LogP contribution in [-0.2, 0) is 10.0 Å². The molecule has 0 saturated heterocycles. The van der Waals surface area contributed by atoms with E-state index in [0.717, 1.165) is 0 Å². The number of benzene rings is 1. The van der Waals surface area contributed by atoms with Crippen molar-refractivity contribution in [1.82, 2.24) is 4.31 Å². The quantitative estimate of drug-likeness (QED) is 0.845. The summed E-state index contributed by atoms with van der Waals surface area (Å²) in [6.07, 6.45) is 0. The lowest BCUT2D eigenvalue weighted by atomic mass is 10.2. The lowest BCUT2D eigenvalue weighted by Gasteiger charge is -2.28. The number of nitrogens with zero attached hydrogens (tertiary/aromatic N) is 1. The minimum atomic E-state index is -3.47. The number of hydrogen-bond donors (Lipinski definition) is 1. The predicted octanol–water partition coefficient (Wildman–Crippen LogP) is 2.63. The highest BCUT2D eigenvalue weighted by Crippen LogP contribution is 2.24. The van der Waals surface area contributed by atoms with Gasteiger partial charge in [0.1, 0.15) is 0 Å². The van der Waals surface area contributed by atoms with Crippen LogP contribution in [0.1, 0.15) is 33.3 Å². The summed E-state index contributed by atoms with van der Waals surface area (Å²) >= 11 is 0. The highest BCUT2D eigenvalue weighted by molar-refractivity contribution is 7.89. The van der Waals surface area contributed by atoms with Crippen LogP contribution in [0.4, 0.5) is 5.69 Å². The summed E-state index contributed by atoms with van der Waals surface area (Å²) in [5.41, 5.74) is 6.95. The standard InChI is InChI=1S/C14H24N2O2S/c1-10(2)9-16(11(3)4)19(17,18)14-7-6-13(15)8-12(14)5/h6-8,10-11H,9,15H2,1-5H3. The van der Waals surface area contributed by atoms with Crippen LogP contribution in [0.5, 0.6) is 0 Å². The highest BCUT2D eigenvalue weighted by Gasteiger charge is 2.28. The number of nitrogens with two attached hydrogens (primary N) is 1. The molecule has 1 aromatic rings. The third-order valence-electron chi connectivity index (χ3n) is 2.91. The van der Waals surface area contributed by atoms with Crippen LogP contribution < -0.4 is 5.73 Å². The van der Waals surface area contributed by atoms with Crippen LogP contribution in [0.15, 0.2) is 23.1 Å². The Morgan fingerprint density at radius 1 is 1.21 bits per heavy atom. The molecule has 1 aromatic carbocycles. The molecule has 0 spiro atoms. The molecule has 0 amide bonds. The monoisotopic (exact) mass is 284 g/mol. The van der Waals surface area contributed by atoms with Crippen LogP contribution in [0.25, 0.3) is 0 Å². The van der Waals surface area contributed by atoms with Gasteiger partial charge in [-0.25, -0.2) is 8.42 Å². The fraction of sp³-hybridized carbons (Fsp3) is 0.571. The Balaban J connectivity index is 3.27. The van der Waals surface area contributed by atoms with Crippen molar-refractivity contribution in [2.24, 2.45) is 5.92 Å². The van der Waals surface area contributed by atoms with E-state index in [1.165, 1.54) is 0 Å². The maximum absolute atomic E-state index is 12.7. The lowest BCUT2D eigenvalue weighted by molar-refractivity contribution is 0.318. The molecule has 0 unspecified atom stereocenters. The Bertz CT molecular complexity index is 536. The molecule has 2 N–H and O–H groups in total. The molecule has 0 bridgehead atoms. The van der Waals surface area contributed by atoms with Crippen LogP contribution in [0.3, 0.4) is 0 Å². The molecule has 0 heterocycles. The van der Waals surface area contributed by atoms with E-state index in [1.54, 1.807) is 29.4 Å². The molecule has 0 aliphatic heterocycles. The molecule has 4 nitrogen and oxygen atoms in total. The first-order valence-corrected chi connectivity index (χ1v) is 7.98. The van der Waals surface area contributed by atoms with E-state index in [9.17, 15) is 8.42 Å². The van der Waals surface area contributed by atoms with Crippen molar-refractivity contribution in [3.63, 3.8) is 0 Å². The number of anilines is 1. The second kappa shape index (κ2) is 5.92. The topological polar surface area (TPSA) is 63.4 Å². The minimum absolute atomic E-state index is 0.0654. The van der Waals surface area contributed by atoms with Gasteiger partial charge in [-0.05, 0) is 50.5 Å². The maximum Gasteiger partial charge on any atom is 0.243 e. The molecule has 19 heavy (non-hydrogen) atoms. The zero-order chi connectivity index (χ0) is 14.8. The fourth-order valence-corrected chi connectivity index (χ4v) is 4.04. The summed E-state index contributed by atoms with van der Waals surface area (Å²) in [7, 11) is -3.47. The van der Waals surface area contributed by atoms with E-state index in [0.29, 0.717) is 22.7 Å². The third kappa shape index (κ3) is 3.70. The van der Waals surface area contributed by atoms with Crippen molar-refractivity contribution < 1.29 is 8.42 Å². The van der Waals surface area contributed by atoms with Crippen LogP contribution >= 0.6 is 0 Å². The summed E-state index contributed by atoms with van der Waals surface area (Å²) in [5.74, 6) is 0.284. The smallest absolute Gasteiger partial charge is 0.243 e. The second-order valence-corrected chi connectivity index (χ2v) is 7.45. The van der Waals surface area contributed by atoms with E-state index in [4.69, 9.17) is 5.73 Å². The molecule has 5 heteroatoms. The van der Waals surface area contributed by atoms with Gasteiger partial charge in [0.25, 0.3) is 0 Å². The van der Waals surface area contributed by atoms with Gasteiger partial charge in [0.2, 0.25) is 10.0 Å². The Labute approximate surface area is 116 Å². The average Bonchev–Trinajstić information content (AvgIpc) is 2.24. The number of hydrogen-bond acceptors (Lipinski definition) is 3. The van der Waals surface area contributed by atoms with Gasteiger partial charge >= 0.3 is 0 Å². The first kappa shape index (κ1) is 16.0. The first-order chi connectivity index (χ1) is 8.66. The Kier molecular flexibility index (Phi) is 4.98. The van der Waals surface area contributed by atoms with Crippen LogP contribution in [0.2, 0.25) is 0 Å². The Morgan fingerprint density at radius 2 is 1.79 bits per heavy atom. The van der Waals surface area contributed by atoms with E-state index >= 15 is 0 Å². The van der Waals surface area contributed by atoms with Crippen molar-refractivity contribution in [2.45, 2.75) is 45.6 Å². The van der Waals surface area contributed by atoms with Gasteiger partial charge < -0.3 is 5.73 Å². The van der Waals surface area contributed by atoms with E-state index < -0.39 is 10.0 Å². The molecule has 0 radical (unpaired) electrons. The zero-order valence-corrected chi connectivity index (χ0v) is 13.2. The first-order valence-electron chi connectivity index (χ1n) is 6.54. The van der Waals surface area contributed by atoms with Crippen LogP contribution in [0, 0.1) is 12.8 Å². The normalized spacial score (nSPS) is 12.6. The average molecular weight is 284 g/mol. The molecule has 0 aromatic heterocycles. The van der Waals surface area contributed by atoms with E-state index in [-0.39, 0.29) is 12.0 Å². The molecule has 0 aliphatic carbocycles. The molecule has 1 rings (SSSR count). The summed E-state index contributed by atoms with van der Waals surface area (Å²) in [4.78, 5) is 0.344. The molecular formula is C14H24N2O2S.